The van der Waals surface area contributed by atoms with Crippen molar-refractivity contribution in [1.82, 2.24) is 29.3 Å². The third-order valence-electron chi connectivity index (χ3n) is 11.6. The lowest BCUT2D eigenvalue weighted by Gasteiger charge is -2.43. The normalized spacial score (nSPS) is 21.3. The Balaban J connectivity index is 1.31. The second-order valence-electron chi connectivity index (χ2n) is 14.7. The van der Waals surface area contributed by atoms with Gasteiger partial charge in [0.25, 0.3) is 0 Å². The van der Waals surface area contributed by atoms with Gasteiger partial charge in [-0.05, 0) is 85.6 Å². The van der Waals surface area contributed by atoms with Crippen LogP contribution in [0.25, 0.3) is 43.8 Å². The summed E-state index contributed by atoms with van der Waals surface area (Å²) in [6.07, 6.45) is 3.84. The van der Waals surface area contributed by atoms with E-state index in [-0.39, 0.29) is 17.3 Å². The zero-order valence-electron chi connectivity index (χ0n) is 28.9. The van der Waals surface area contributed by atoms with Crippen LogP contribution in [0.3, 0.4) is 0 Å². The van der Waals surface area contributed by atoms with Crippen molar-refractivity contribution in [1.29, 1.82) is 5.26 Å². The van der Waals surface area contributed by atoms with Gasteiger partial charge in [-0.1, -0.05) is 31.2 Å². The van der Waals surface area contributed by atoms with Crippen molar-refractivity contribution in [2.24, 2.45) is 5.92 Å². The molecule has 1 saturated carbocycles. The number of pyridine rings is 1. The lowest BCUT2D eigenvalue weighted by molar-refractivity contribution is 0.156. The van der Waals surface area contributed by atoms with Gasteiger partial charge in [0.1, 0.15) is 22.6 Å². The molecule has 254 valence electrons. The molecule has 6 aromatic rings. The molecule has 2 N–H and O–H groups in total. The lowest BCUT2D eigenvalue weighted by Crippen LogP contribution is -2.57. The number of likely N-dealkylation sites (N-methyl/N-ethyl adjacent to an activating group) is 1. The number of imidazole rings is 1. The number of phenols is 1. The first-order valence-electron chi connectivity index (χ1n) is 17.7. The Morgan fingerprint density at radius 2 is 1.88 bits per heavy atom. The number of phenolic OH excluding ortho intramolecular Hbond substituents is 1. The summed E-state index contributed by atoms with van der Waals surface area (Å²) in [7, 11) is 4.17. The summed E-state index contributed by atoms with van der Waals surface area (Å²) in [5.41, 5.74) is 4.64. The van der Waals surface area contributed by atoms with Crippen molar-refractivity contribution in [2.45, 2.75) is 57.3 Å². The first-order chi connectivity index (χ1) is 24.2. The van der Waals surface area contributed by atoms with Crippen LogP contribution in [0.5, 0.6) is 5.75 Å². The molecule has 4 unspecified atom stereocenters. The smallest absolute Gasteiger partial charge is 0.157 e. The van der Waals surface area contributed by atoms with Crippen LogP contribution in [0.15, 0.2) is 60.8 Å². The van der Waals surface area contributed by atoms with E-state index in [9.17, 15) is 10.4 Å². The zero-order chi connectivity index (χ0) is 34.4. The van der Waals surface area contributed by atoms with E-state index in [1.54, 1.807) is 12.1 Å². The maximum Gasteiger partial charge on any atom is 0.157 e. The quantitative estimate of drug-likeness (QED) is 0.181. The summed E-state index contributed by atoms with van der Waals surface area (Å²) >= 11 is 0. The Bertz CT molecular complexity index is 2330. The standard InChI is InChI=1S/C40H41FN8O/c1-5-33-44-37-39(49(33)38-24-14-32(38)47(18-24)19-25-10-8-12-43-25)31-16-29(22(2)17-42)34(30-15-27(50)13-23-9-6-7-11-28(23)30)35(41)36(31)45-40(37)48-20-26(21-48)46(3)4/h6-13,15-16,22,24,26,32,38,43,50H,5,14,18-21H2,1-4H3. The molecular formula is C40H41FN8O. The highest BCUT2D eigenvalue weighted by molar-refractivity contribution is 6.10. The Kier molecular flexibility index (Phi) is 7.16. The van der Waals surface area contributed by atoms with E-state index in [1.807, 2.05) is 49.5 Å². The van der Waals surface area contributed by atoms with Crippen molar-refractivity contribution in [3.63, 3.8) is 0 Å². The fourth-order valence-electron chi connectivity index (χ4n) is 8.87. The first kappa shape index (κ1) is 31.0. The molecule has 4 aliphatic rings. The van der Waals surface area contributed by atoms with Gasteiger partial charge in [-0.15, -0.1) is 0 Å². The number of halogens is 1. The van der Waals surface area contributed by atoms with E-state index in [0.717, 1.165) is 66.7 Å². The Morgan fingerprint density at radius 1 is 1.06 bits per heavy atom. The second kappa shape index (κ2) is 11.5. The number of aromatic nitrogens is 4. The Morgan fingerprint density at radius 3 is 2.62 bits per heavy atom. The molecule has 1 aliphatic carbocycles. The number of nitriles is 1. The number of nitrogens with zero attached hydrogens (tertiary/aromatic N) is 7. The second-order valence-corrected chi connectivity index (χ2v) is 14.7. The number of rotatable bonds is 8. The fourth-order valence-corrected chi connectivity index (χ4v) is 8.87. The number of fused-ring (bicyclic) bond motifs is 5. The Hall–Kier alpha value is -4.98. The van der Waals surface area contributed by atoms with Crippen LogP contribution < -0.4 is 4.90 Å². The minimum absolute atomic E-state index is 0.0446. The van der Waals surface area contributed by atoms with Crippen molar-refractivity contribution < 1.29 is 9.50 Å². The molecule has 3 aliphatic heterocycles. The summed E-state index contributed by atoms with van der Waals surface area (Å²) in [5.74, 6) is 1.11. The van der Waals surface area contributed by atoms with Crippen LogP contribution in [0.4, 0.5) is 10.2 Å². The van der Waals surface area contributed by atoms with Crippen LogP contribution in [-0.4, -0.2) is 80.2 Å². The molecular weight excluding hydrogens is 627 g/mol. The summed E-state index contributed by atoms with van der Waals surface area (Å²) in [5, 5.41) is 23.4. The van der Waals surface area contributed by atoms with Gasteiger partial charge in [0.05, 0.1) is 23.5 Å². The molecule has 0 radical (unpaired) electrons. The molecule has 3 saturated heterocycles. The number of benzene rings is 3. The zero-order valence-corrected chi connectivity index (χ0v) is 28.9. The van der Waals surface area contributed by atoms with E-state index >= 15 is 4.39 Å². The van der Waals surface area contributed by atoms with Gasteiger partial charge in [0.15, 0.2) is 11.6 Å². The van der Waals surface area contributed by atoms with Crippen molar-refractivity contribution >= 4 is 38.5 Å². The minimum atomic E-state index is -0.617. The fraction of sp³-hybridized carbons (Fsp3) is 0.375. The van der Waals surface area contributed by atoms with Crippen molar-refractivity contribution in [3.8, 4) is 22.9 Å². The molecule has 0 spiro atoms. The van der Waals surface area contributed by atoms with Crippen LogP contribution in [0.2, 0.25) is 0 Å². The molecule has 3 aromatic heterocycles. The number of aromatic amines is 1. The van der Waals surface area contributed by atoms with Gasteiger partial charge in [-0.2, -0.15) is 5.26 Å². The van der Waals surface area contributed by atoms with E-state index in [0.29, 0.717) is 45.9 Å². The lowest BCUT2D eigenvalue weighted by atomic mass is 9.79. The SMILES string of the molecule is CCc1nc2c(N3CC(N(C)C)C3)nc3c(F)c(-c4cc(O)cc5ccccc45)c(C(C)C#N)cc3c2n1C1C2CC1N(Cc1ccc[nH]1)C2. The van der Waals surface area contributed by atoms with Crippen LogP contribution in [-0.2, 0) is 13.0 Å². The molecule has 3 aromatic carbocycles. The van der Waals surface area contributed by atoms with Gasteiger partial charge in [-0.3, -0.25) is 4.90 Å². The summed E-state index contributed by atoms with van der Waals surface area (Å²) in [4.78, 5) is 20.8. The number of anilines is 1. The van der Waals surface area contributed by atoms with Gasteiger partial charge in [-0.25, -0.2) is 14.4 Å². The number of hydrogen-bond donors (Lipinski definition) is 2. The van der Waals surface area contributed by atoms with E-state index in [2.05, 4.69) is 57.4 Å². The maximum atomic E-state index is 17.7. The number of H-pyrrole nitrogens is 1. The van der Waals surface area contributed by atoms with Gasteiger partial charge < -0.3 is 24.5 Å². The third kappa shape index (κ3) is 4.56. The summed E-state index contributed by atoms with van der Waals surface area (Å²) in [6.45, 7) is 7.39. The van der Waals surface area contributed by atoms with E-state index < -0.39 is 11.7 Å². The van der Waals surface area contributed by atoms with Gasteiger partial charge in [0.2, 0.25) is 0 Å². The summed E-state index contributed by atoms with van der Waals surface area (Å²) in [6, 6.07) is 20.5. The molecule has 10 heteroatoms. The van der Waals surface area contributed by atoms with Crippen LogP contribution >= 0.6 is 0 Å². The highest BCUT2D eigenvalue weighted by atomic mass is 19.1. The molecule has 4 atom stereocenters. The average Bonchev–Trinajstić information content (AvgIpc) is 3.88. The third-order valence-corrected chi connectivity index (χ3v) is 11.6. The van der Waals surface area contributed by atoms with Crippen LogP contribution in [0, 0.1) is 23.1 Å². The average molecular weight is 669 g/mol. The first-order valence-corrected chi connectivity index (χ1v) is 17.7. The molecule has 0 amide bonds. The number of nitrogens with one attached hydrogen (secondary N) is 1. The predicted octanol–water partition coefficient (Wildman–Crippen LogP) is 6.96. The molecule has 9 nitrogen and oxygen atoms in total. The largest absolute Gasteiger partial charge is 0.508 e. The van der Waals surface area contributed by atoms with E-state index in [1.165, 1.54) is 5.69 Å². The predicted molar refractivity (Wildman–Crippen MR) is 195 cm³/mol. The van der Waals surface area contributed by atoms with Gasteiger partial charge in [0, 0.05) is 67.5 Å². The highest BCUT2D eigenvalue weighted by Gasteiger charge is 2.54. The van der Waals surface area contributed by atoms with Gasteiger partial charge >= 0.3 is 0 Å². The molecule has 50 heavy (non-hydrogen) atoms. The van der Waals surface area contributed by atoms with Crippen LogP contribution in [0.1, 0.15) is 49.3 Å². The Labute approximate surface area is 290 Å². The van der Waals surface area contributed by atoms with E-state index in [4.69, 9.17) is 9.97 Å². The monoisotopic (exact) mass is 668 g/mol. The number of aryl methyl sites for hydroxylation is 1. The minimum Gasteiger partial charge on any atom is -0.508 e. The molecule has 10 rings (SSSR count). The van der Waals surface area contributed by atoms with Crippen molar-refractivity contribution in [3.05, 3.63) is 83.7 Å². The summed E-state index contributed by atoms with van der Waals surface area (Å²) < 4.78 is 20.1. The topological polar surface area (TPSA) is 100 Å². The van der Waals surface area contributed by atoms with Crippen molar-refractivity contribution in [2.75, 3.05) is 38.6 Å². The molecule has 4 fully saturated rings. The number of hydrogen-bond acceptors (Lipinski definition) is 7. The molecule has 6 heterocycles. The number of aromatic hydroxyl groups is 1. The molecule has 2 bridgehead atoms. The maximum absolute atomic E-state index is 17.7. The highest BCUT2D eigenvalue weighted by Crippen LogP contribution is 2.53.